The van der Waals surface area contributed by atoms with Gasteiger partial charge in [0.2, 0.25) is 0 Å². The minimum absolute atomic E-state index is 0.0236. The van der Waals surface area contributed by atoms with Crippen molar-refractivity contribution in [3.05, 3.63) is 29.6 Å². The van der Waals surface area contributed by atoms with E-state index >= 15 is 0 Å². The molecule has 0 aliphatic rings. The molecule has 9 nitrogen and oxygen atoms in total. The van der Waals surface area contributed by atoms with Gasteiger partial charge >= 0.3 is 5.97 Å². The lowest BCUT2D eigenvalue weighted by atomic mass is 10.2. The lowest BCUT2D eigenvalue weighted by molar-refractivity contribution is 0.0691. The summed E-state index contributed by atoms with van der Waals surface area (Å²) in [6, 6.07) is 2.72. The normalized spacial score (nSPS) is 10.1. The van der Waals surface area contributed by atoms with E-state index in [-0.39, 0.29) is 17.2 Å². The van der Waals surface area contributed by atoms with Crippen molar-refractivity contribution in [3.8, 4) is 0 Å². The third-order valence-electron chi connectivity index (χ3n) is 1.99. The van der Waals surface area contributed by atoms with Gasteiger partial charge in [-0.25, -0.2) is 4.79 Å². The van der Waals surface area contributed by atoms with Crippen LogP contribution in [-0.2, 0) is 7.05 Å². The molecule has 18 heavy (non-hydrogen) atoms. The van der Waals surface area contributed by atoms with Crippen LogP contribution in [0, 0.1) is 0 Å². The largest absolute Gasteiger partial charge is 0.478 e. The summed E-state index contributed by atoms with van der Waals surface area (Å²) in [6.45, 7) is 0. The molecule has 2 heterocycles. The van der Waals surface area contributed by atoms with Gasteiger partial charge in [0.1, 0.15) is 5.69 Å². The Kier molecular flexibility index (Phi) is 2.96. The maximum Gasteiger partial charge on any atom is 0.338 e. The standard InChI is InChI=1S/C9H8N6O3/c1-15-13-9(12-14-15)11-7(16)6-5(8(17)18)3-2-4-10-6/h2-4H,1H3,(H,17,18)(H,11,13,16). The zero-order valence-corrected chi connectivity index (χ0v) is 9.23. The Bertz CT molecular complexity index is 608. The molecule has 2 aromatic rings. The first-order chi connectivity index (χ1) is 8.58. The molecule has 0 radical (unpaired) electrons. The molecule has 0 aromatic carbocycles. The number of tetrazole rings is 1. The molecule has 0 saturated carbocycles. The zero-order chi connectivity index (χ0) is 13.1. The van der Waals surface area contributed by atoms with Crippen molar-refractivity contribution in [1.29, 1.82) is 0 Å². The maximum atomic E-state index is 11.8. The number of aromatic nitrogens is 5. The number of carbonyl (C=O) groups excluding carboxylic acids is 1. The van der Waals surface area contributed by atoms with Crippen molar-refractivity contribution in [2.24, 2.45) is 7.05 Å². The predicted octanol–water partition coefficient (Wildman–Crippen LogP) is -0.444. The van der Waals surface area contributed by atoms with Gasteiger partial charge in [-0.15, -0.1) is 5.10 Å². The van der Waals surface area contributed by atoms with Crippen LogP contribution in [0.4, 0.5) is 5.95 Å². The first-order valence-electron chi connectivity index (χ1n) is 4.81. The number of pyridine rings is 1. The van der Waals surface area contributed by atoms with E-state index in [1.807, 2.05) is 0 Å². The molecule has 0 atom stereocenters. The van der Waals surface area contributed by atoms with Gasteiger partial charge in [-0.2, -0.15) is 4.80 Å². The Hall–Kier alpha value is -2.84. The number of aryl methyl sites for hydroxylation is 1. The van der Waals surface area contributed by atoms with Crippen LogP contribution in [0.1, 0.15) is 20.8 Å². The Morgan fingerprint density at radius 1 is 1.44 bits per heavy atom. The number of carboxylic acid groups (broad SMARTS) is 1. The lowest BCUT2D eigenvalue weighted by Crippen LogP contribution is -2.19. The minimum Gasteiger partial charge on any atom is -0.478 e. The number of rotatable bonds is 3. The molecule has 0 saturated heterocycles. The number of hydrogen-bond donors (Lipinski definition) is 2. The molecule has 0 spiro atoms. The number of aromatic carboxylic acids is 1. The monoisotopic (exact) mass is 248 g/mol. The first-order valence-corrected chi connectivity index (χ1v) is 4.81. The summed E-state index contributed by atoms with van der Waals surface area (Å²) in [6.07, 6.45) is 1.32. The van der Waals surface area contributed by atoms with E-state index in [0.717, 1.165) is 4.80 Å². The van der Waals surface area contributed by atoms with Crippen molar-refractivity contribution < 1.29 is 14.7 Å². The summed E-state index contributed by atoms with van der Waals surface area (Å²) in [5, 5.41) is 22.0. The third-order valence-corrected chi connectivity index (χ3v) is 1.99. The number of carboxylic acids is 1. The number of nitrogens with one attached hydrogen (secondary N) is 1. The van der Waals surface area contributed by atoms with Crippen LogP contribution in [0.2, 0.25) is 0 Å². The fraction of sp³-hybridized carbons (Fsp3) is 0.111. The van der Waals surface area contributed by atoms with Crippen LogP contribution in [0.15, 0.2) is 18.3 Å². The van der Waals surface area contributed by atoms with Crippen LogP contribution in [0.3, 0.4) is 0 Å². The summed E-state index contributed by atoms with van der Waals surface area (Å²) < 4.78 is 0. The predicted molar refractivity (Wildman–Crippen MR) is 57.9 cm³/mol. The highest BCUT2D eigenvalue weighted by Gasteiger charge is 2.18. The van der Waals surface area contributed by atoms with Crippen molar-refractivity contribution in [1.82, 2.24) is 25.2 Å². The molecule has 2 rings (SSSR count). The zero-order valence-electron chi connectivity index (χ0n) is 9.23. The average Bonchev–Trinajstić information content (AvgIpc) is 2.74. The Morgan fingerprint density at radius 3 is 2.83 bits per heavy atom. The number of carbonyl (C=O) groups is 2. The highest BCUT2D eigenvalue weighted by atomic mass is 16.4. The second kappa shape index (κ2) is 4.57. The van der Waals surface area contributed by atoms with E-state index in [2.05, 4.69) is 25.7 Å². The SMILES string of the molecule is Cn1nnc(NC(=O)c2ncccc2C(=O)O)n1. The van der Waals surface area contributed by atoms with E-state index in [1.165, 1.54) is 25.4 Å². The van der Waals surface area contributed by atoms with Gasteiger partial charge in [0.15, 0.2) is 0 Å². The van der Waals surface area contributed by atoms with Gasteiger partial charge in [0.25, 0.3) is 11.9 Å². The molecule has 1 amide bonds. The fourth-order valence-electron chi connectivity index (χ4n) is 1.25. The van der Waals surface area contributed by atoms with Crippen molar-refractivity contribution in [3.63, 3.8) is 0 Å². The molecule has 2 aromatic heterocycles. The summed E-state index contributed by atoms with van der Waals surface area (Å²) in [5.41, 5.74) is -0.406. The van der Waals surface area contributed by atoms with Gasteiger partial charge in [-0.05, 0) is 17.3 Å². The van der Waals surface area contributed by atoms with Crippen LogP contribution in [-0.4, -0.2) is 42.2 Å². The Balaban J connectivity index is 2.26. The molecule has 0 unspecified atom stereocenters. The van der Waals surface area contributed by atoms with Gasteiger partial charge in [0, 0.05) is 6.20 Å². The molecule has 0 aliphatic heterocycles. The second-order valence-corrected chi connectivity index (χ2v) is 3.26. The Morgan fingerprint density at radius 2 is 2.22 bits per heavy atom. The van der Waals surface area contributed by atoms with Crippen LogP contribution < -0.4 is 5.32 Å². The molecule has 9 heteroatoms. The van der Waals surface area contributed by atoms with E-state index in [9.17, 15) is 9.59 Å². The summed E-state index contributed by atoms with van der Waals surface area (Å²) in [5.74, 6) is -1.97. The van der Waals surface area contributed by atoms with Crippen molar-refractivity contribution >= 4 is 17.8 Å². The molecular weight excluding hydrogens is 240 g/mol. The number of amides is 1. The van der Waals surface area contributed by atoms with Crippen LogP contribution in [0.25, 0.3) is 0 Å². The molecule has 0 fully saturated rings. The highest BCUT2D eigenvalue weighted by molar-refractivity contribution is 6.08. The first kappa shape index (κ1) is 11.6. The van der Waals surface area contributed by atoms with Gasteiger partial charge in [-0.3, -0.25) is 15.1 Å². The summed E-state index contributed by atoms with van der Waals surface area (Å²) >= 11 is 0. The van der Waals surface area contributed by atoms with E-state index in [4.69, 9.17) is 5.11 Å². The van der Waals surface area contributed by atoms with E-state index in [1.54, 1.807) is 0 Å². The quantitative estimate of drug-likeness (QED) is 0.754. The fourth-order valence-corrected chi connectivity index (χ4v) is 1.25. The summed E-state index contributed by atoms with van der Waals surface area (Å²) in [7, 11) is 1.53. The highest BCUT2D eigenvalue weighted by Crippen LogP contribution is 2.07. The lowest BCUT2D eigenvalue weighted by Gasteiger charge is -2.02. The number of hydrogen-bond acceptors (Lipinski definition) is 6. The van der Waals surface area contributed by atoms with Crippen LogP contribution in [0.5, 0.6) is 0 Å². The van der Waals surface area contributed by atoms with Crippen LogP contribution >= 0.6 is 0 Å². The molecule has 2 N–H and O–H groups in total. The summed E-state index contributed by atoms with van der Waals surface area (Å²) in [4.78, 5) is 27.6. The van der Waals surface area contributed by atoms with E-state index in [0.29, 0.717) is 0 Å². The van der Waals surface area contributed by atoms with E-state index < -0.39 is 11.9 Å². The second-order valence-electron chi connectivity index (χ2n) is 3.26. The van der Waals surface area contributed by atoms with Gasteiger partial charge < -0.3 is 5.11 Å². The molecule has 0 bridgehead atoms. The van der Waals surface area contributed by atoms with Crippen molar-refractivity contribution in [2.45, 2.75) is 0 Å². The minimum atomic E-state index is -1.24. The smallest absolute Gasteiger partial charge is 0.338 e. The number of anilines is 1. The third kappa shape index (κ3) is 2.29. The molecule has 92 valence electrons. The maximum absolute atomic E-state index is 11.8. The molecule has 0 aliphatic carbocycles. The van der Waals surface area contributed by atoms with Gasteiger partial charge in [0.05, 0.1) is 12.6 Å². The topological polar surface area (TPSA) is 123 Å². The molecular formula is C9H8N6O3. The number of nitrogens with zero attached hydrogens (tertiary/aromatic N) is 5. The van der Waals surface area contributed by atoms with Crippen molar-refractivity contribution in [2.75, 3.05) is 5.32 Å². The Labute approximate surface area is 100 Å². The average molecular weight is 248 g/mol. The van der Waals surface area contributed by atoms with Gasteiger partial charge in [-0.1, -0.05) is 5.10 Å².